The Morgan fingerprint density at radius 3 is 3.06 bits per heavy atom. The summed E-state index contributed by atoms with van der Waals surface area (Å²) in [6, 6.07) is 2.66. The van der Waals surface area contributed by atoms with E-state index in [9.17, 15) is 9.18 Å². The van der Waals surface area contributed by atoms with Crippen LogP contribution in [0.25, 0.3) is 0 Å². The highest BCUT2D eigenvalue weighted by molar-refractivity contribution is 5.93. The summed E-state index contributed by atoms with van der Waals surface area (Å²) in [6.07, 6.45) is 3.27. The molecule has 1 atom stereocenters. The van der Waals surface area contributed by atoms with Crippen molar-refractivity contribution in [2.75, 3.05) is 20.2 Å². The third-order valence-electron chi connectivity index (χ3n) is 2.97. The molecule has 1 fully saturated rings. The van der Waals surface area contributed by atoms with Crippen LogP contribution >= 0.6 is 0 Å². The Balaban J connectivity index is 2.06. The second-order valence-electron chi connectivity index (χ2n) is 4.12. The molecule has 1 aliphatic rings. The SMILES string of the molecule is COC1CCCN(C(=O)c2ccc(F)nc2)C1. The molecule has 1 amide bonds. The van der Waals surface area contributed by atoms with Gasteiger partial charge in [0.25, 0.3) is 5.91 Å². The molecular weight excluding hydrogens is 223 g/mol. The number of hydrogen-bond donors (Lipinski definition) is 0. The number of pyridine rings is 1. The van der Waals surface area contributed by atoms with Crippen molar-refractivity contribution < 1.29 is 13.9 Å². The van der Waals surface area contributed by atoms with E-state index in [-0.39, 0.29) is 12.0 Å². The standard InChI is InChI=1S/C12H15FN2O2/c1-17-10-3-2-6-15(8-10)12(16)9-4-5-11(13)14-7-9/h4-5,7,10H,2-3,6,8H2,1H3. The first-order valence-corrected chi connectivity index (χ1v) is 5.64. The fraction of sp³-hybridized carbons (Fsp3) is 0.500. The maximum absolute atomic E-state index is 12.7. The Kier molecular flexibility index (Phi) is 3.68. The van der Waals surface area contributed by atoms with E-state index in [1.807, 2.05) is 0 Å². The molecule has 0 bridgehead atoms. The highest BCUT2D eigenvalue weighted by atomic mass is 19.1. The number of aromatic nitrogens is 1. The van der Waals surface area contributed by atoms with E-state index in [2.05, 4.69) is 4.98 Å². The topological polar surface area (TPSA) is 42.4 Å². The van der Waals surface area contributed by atoms with Crippen molar-refractivity contribution in [1.29, 1.82) is 0 Å². The van der Waals surface area contributed by atoms with E-state index in [0.717, 1.165) is 19.4 Å². The molecule has 0 aliphatic carbocycles. The molecule has 92 valence electrons. The van der Waals surface area contributed by atoms with Crippen molar-refractivity contribution in [3.8, 4) is 0 Å². The summed E-state index contributed by atoms with van der Waals surface area (Å²) in [5.41, 5.74) is 0.420. The zero-order chi connectivity index (χ0) is 12.3. The van der Waals surface area contributed by atoms with Gasteiger partial charge >= 0.3 is 0 Å². The fourth-order valence-electron chi connectivity index (χ4n) is 2.00. The predicted octanol–water partition coefficient (Wildman–Crippen LogP) is 1.47. The smallest absolute Gasteiger partial charge is 0.255 e. The van der Waals surface area contributed by atoms with Crippen molar-refractivity contribution >= 4 is 5.91 Å². The molecule has 4 nitrogen and oxygen atoms in total. The van der Waals surface area contributed by atoms with Gasteiger partial charge in [0.15, 0.2) is 0 Å². The number of rotatable bonds is 2. The van der Waals surface area contributed by atoms with Crippen LogP contribution in [0, 0.1) is 5.95 Å². The number of amides is 1. The Morgan fingerprint density at radius 1 is 1.59 bits per heavy atom. The van der Waals surface area contributed by atoms with E-state index in [0.29, 0.717) is 12.1 Å². The lowest BCUT2D eigenvalue weighted by atomic mass is 10.1. The van der Waals surface area contributed by atoms with Crippen molar-refractivity contribution in [1.82, 2.24) is 9.88 Å². The van der Waals surface area contributed by atoms with Crippen LogP contribution in [-0.2, 0) is 4.74 Å². The van der Waals surface area contributed by atoms with Crippen molar-refractivity contribution in [2.45, 2.75) is 18.9 Å². The molecule has 1 saturated heterocycles. The monoisotopic (exact) mass is 238 g/mol. The average molecular weight is 238 g/mol. The van der Waals surface area contributed by atoms with E-state index in [1.54, 1.807) is 12.0 Å². The van der Waals surface area contributed by atoms with E-state index < -0.39 is 5.95 Å². The normalized spacial score (nSPS) is 20.4. The maximum Gasteiger partial charge on any atom is 0.255 e. The summed E-state index contributed by atoms with van der Waals surface area (Å²) in [5, 5.41) is 0. The number of hydrogen-bond acceptors (Lipinski definition) is 3. The Morgan fingerprint density at radius 2 is 2.41 bits per heavy atom. The number of piperidine rings is 1. The molecule has 1 aliphatic heterocycles. The van der Waals surface area contributed by atoms with Crippen LogP contribution in [0.5, 0.6) is 0 Å². The van der Waals surface area contributed by atoms with Gasteiger partial charge in [0.05, 0.1) is 11.7 Å². The van der Waals surface area contributed by atoms with Gasteiger partial charge < -0.3 is 9.64 Å². The van der Waals surface area contributed by atoms with Gasteiger partial charge in [-0.2, -0.15) is 4.39 Å². The molecule has 0 saturated carbocycles. The third kappa shape index (κ3) is 2.79. The molecule has 0 aromatic carbocycles. The van der Waals surface area contributed by atoms with Gasteiger partial charge in [0.1, 0.15) is 0 Å². The second-order valence-corrected chi connectivity index (χ2v) is 4.12. The number of methoxy groups -OCH3 is 1. The molecule has 1 unspecified atom stereocenters. The summed E-state index contributed by atoms with van der Waals surface area (Å²) in [6.45, 7) is 1.31. The van der Waals surface area contributed by atoms with Crippen molar-refractivity contribution in [3.63, 3.8) is 0 Å². The minimum atomic E-state index is -0.574. The van der Waals surface area contributed by atoms with E-state index >= 15 is 0 Å². The highest BCUT2D eigenvalue weighted by Gasteiger charge is 2.24. The van der Waals surface area contributed by atoms with Crippen LogP contribution in [0.2, 0.25) is 0 Å². The molecule has 1 aromatic heterocycles. The fourth-order valence-corrected chi connectivity index (χ4v) is 2.00. The lowest BCUT2D eigenvalue weighted by Gasteiger charge is -2.31. The first-order chi connectivity index (χ1) is 8.20. The largest absolute Gasteiger partial charge is 0.380 e. The van der Waals surface area contributed by atoms with Gasteiger partial charge in [-0.3, -0.25) is 4.79 Å². The second kappa shape index (κ2) is 5.23. The van der Waals surface area contributed by atoms with Crippen LogP contribution in [0.1, 0.15) is 23.2 Å². The molecule has 0 radical (unpaired) electrons. The Bertz CT molecular complexity index is 394. The lowest BCUT2D eigenvalue weighted by Crippen LogP contribution is -2.42. The molecule has 5 heteroatoms. The van der Waals surface area contributed by atoms with Gasteiger partial charge in [-0.1, -0.05) is 0 Å². The maximum atomic E-state index is 12.7. The minimum absolute atomic E-state index is 0.0982. The zero-order valence-electron chi connectivity index (χ0n) is 9.73. The van der Waals surface area contributed by atoms with E-state index in [4.69, 9.17) is 4.74 Å². The number of carbonyl (C=O) groups excluding carboxylic acids is 1. The average Bonchev–Trinajstić information content (AvgIpc) is 2.39. The molecule has 0 N–H and O–H groups in total. The number of halogens is 1. The molecule has 2 heterocycles. The molecule has 17 heavy (non-hydrogen) atoms. The summed E-state index contributed by atoms with van der Waals surface area (Å²) in [5.74, 6) is -0.686. The molecular formula is C12H15FN2O2. The zero-order valence-corrected chi connectivity index (χ0v) is 9.73. The summed E-state index contributed by atoms with van der Waals surface area (Å²) in [7, 11) is 1.65. The predicted molar refractivity (Wildman–Crippen MR) is 60.1 cm³/mol. The Labute approximate surface area is 99.4 Å². The summed E-state index contributed by atoms with van der Waals surface area (Å²) in [4.78, 5) is 17.3. The number of nitrogens with zero attached hydrogens (tertiary/aromatic N) is 2. The van der Waals surface area contributed by atoms with Crippen LogP contribution in [0.15, 0.2) is 18.3 Å². The van der Waals surface area contributed by atoms with Crippen molar-refractivity contribution in [2.24, 2.45) is 0 Å². The highest BCUT2D eigenvalue weighted by Crippen LogP contribution is 2.15. The summed E-state index contributed by atoms with van der Waals surface area (Å²) >= 11 is 0. The van der Waals surface area contributed by atoms with Gasteiger partial charge in [-0.25, -0.2) is 4.98 Å². The number of likely N-dealkylation sites (tertiary alicyclic amines) is 1. The Hall–Kier alpha value is -1.49. The number of ether oxygens (including phenoxy) is 1. The number of carbonyl (C=O) groups is 1. The van der Waals surface area contributed by atoms with Gasteiger partial charge in [-0.15, -0.1) is 0 Å². The van der Waals surface area contributed by atoms with Gasteiger partial charge in [-0.05, 0) is 25.0 Å². The quantitative estimate of drug-likeness (QED) is 0.733. The lowest BCUT2D eigenvalue weighted by molar-refractivity contribution is 0.0268. The van der Waals surface area contributed by atoms with E-state index in [1.165, 1.54) is 18.3 Å². The molecule has 2 rings (SSSR count). The van der Waals surface area contributed by atoms with Crippen LogP contribution in [0.4, 0.5) is 4.39 Å². The third-order valence-corrected chi connectivity index (χ3v) is 2.97. The van der Waals surface area contributed by atoms with Crippen LogP contribution < -0.4 is 0 Å². The first-order valence-electron chi connectivity index (χ1n) is 5.64. The first kappa shape index (κ1) is 12.0. The van der Waals surface area contributed by atoms with Crippen LogP contribution in [-0.4, -0.2) is 42.1 Å². The minimum Gasteiger partial charge on any atom is -0.380 e. The summed E-state index contributed by atoms with van der Waals surface area (Å²) < 4.78 is 17.9. The molecule has 1 aromatic rings. The van der Waals surface area contributed by atoms with Crippen molar-refractivity contribution in [3.05, 3.63) is 29.8 Å². The van der Waals surface area contributed by atoms with Gasteiger partial charge in [0.2, 0.25) is 5.95 Å². The molecule has 0 spiro atoms. The van der Waals surface area contributed by atoms with Crippen LogP contribution in [0.3, 0.4) is 0 Å². The van der Waals surface area contributed by atoms with Gasteiger partial charge in [0, 0.05) is 26.4 Å².